The third-order valence-corrected chi connectivity index (χ3v) is 3.33. The molecular weight excluding hydrogens is 330 g/mol. The summed E-state index contributed by atoms with van der Waals surface area (Å²) in [6, 6.07) is 9.50. The molecule has 0 atom stereocenters. The molecular formula is C17H18F2N4O2. The summed E-state index contributed by atoms with van der Waals surface area (Å²) in [4.78, 5) is 28.6. The van der Waals surface area contributed by atoms with Crippen molar-refractivity contribution in [3.8, 4) is 0 Å². The second-order valence-electron chi connectivity index (χ2n) is 5.32. The third kappa shape index (κ3) is 5.83. The molecule has 132 valence electrons. The van der Waals surface area contributed by atoms with Crippen LogP contribution < -0.4 is 10.6 Å². The molecule has 0 aliphatic heterocycles. The maximum Gasteiger partial charge on any atom is 0.317 e. The number of nitrogens with one attached hydrogen (secondary N) is 2. The van der Waals surface area contributed by atoms with Gasteiger partial charge in [-0.1, -0.05) is 12.1 Å². The predicted octanol–water partition coefficient (Wildman–Crippen LogP) is 2.74. The number of urea groups is 1. The molecule has 2 N–H and O–H groups in total. The molecule has 0 saturated heterocycles. The molecule has 3 amide bonds. The minimum atomic E-state index is -2.58. The lowest BCUT2D eigenvalue weighted by Gasteiger charge is -2.17. The van der Waals surface area contributed by atoms with Gasteiger partial charge < -0.3 is 15.5 Å². The van der Waals surface area contributed by atoms with Crippen LogP contribution in [0.3, 0.4) is 0 Å². The molecule has 0 aliphatic rings. The first-order chi connectivity index (χ1) is 12.0. The van der Waals surface area contributed by atoms with Crippen molar-refractivity contribution in [2.24, 2.45) is 0 Å². The quantitative estimate of drug-likeness (QED) is 0.843. The molecule has 1 aromatic heterocycles. The Labute approximate surface area is 143 Å². The largest absolute Gasteiger partial charge is 0.334 e. The van der Waals surface area contributed by atoms with Crippen molar-refractivity contribution < 1.29 is 18.4 Å². The van der Waals surface area contributed by atoms with Gasteiger partial charge in [0.15, 0.2) is 0 Å². The highest BCUT2D eigenvalue weighted by Crippen LogP contribution is 2.12. The van der Waals surface area contributed by atoms with E-state index in [2.05, 4.69) is 15.6 Å². The van der Waals surface area contributed by atoms with Crippen LogP contribution in [-0.4, -0.2) is 41.8 Å². The normalized spacial score (nSPS) is 10.4. The standard InChI is InChI=1S/C17H18F2N4O2/c1-23(11-15(18)19)17(25)21-10-12-3-2-4-14(9-12)22-16(24)13-5-7-20-8-6-13/h2-9,15H,10-11H2,1H3,(H,21,25)(H,22,24). The first-order valence-electron chi connectivity index (χ1n) is 7.53. The van der Waals surface area contributed by atoms with Crippen molar-refractivity contribution in [1.29, 1.82) is 0 Å². The summed E-state index contributed by atoms with van der Waals surface area (Å²) in [5.41, 5.74) is 1.77. The zero-order chi connectivity index (χ0) is 18.2. The molecule has 0 spiro atoms. The zero-order valence-corrected chi connectivity index (χ0v) is 13.6. The van der Waals surface area contributed by atoms with Crippen LogP contribution in [0.2, 0.25) is 0 Å². The third-order valence-electron chi connectivity index (χ3n) is 3.33. The van der Waals surface area contributed by atoms with Crippen LogP contribution in [0.4, 0.5) is 19.3 Å². The monoisotopic (exact) mass is 348 g/mol. The average Bonchev–Trinajstić information content (AvgIpc) is 2.60. The Morgan fingerprint density at radius 3 is 2.60 bits per heavy atom. The lowest BCUT2D eigenvalue weighted by molar-refractivity contribution is 0.102. The van der Waals surface area contributed by atoms with Gasteiger partial charge in [-0.2, -0.15) is 0 Å². The van der Waals surface area contributed by atoms with E-state index >= 15 is 0 Å². The number of alkyl halides is 2. The van der Waals surface area contributed by atoms with Gasteiger partial charge in [0.2, 0.25) is 0 Å². The Morgan fingerprint density at radius 1 is 1.20 bits per heavy atom. The Morgan fingerprint density at radius 2 is 1.92 bits per heavy atom. The van der Waals surface area contributed by atoms with Gasteiger partial charge in [-0.3, -0.25) is 9.78 Å². The van der Waals surface area contributed by atoms with Gasteiger partial charge in [-0.05, 0) is 29.8 Å². The van der Waals surface area contributed by atoms with Gasteiger partial charge in [0.25, 0.3) is 12.3 Å². The minimum absolute atomic E-state index is 0.158. The number of halogens is 2. The molecule has 8 heteroatoms. The van der Waals surface area contributed by atoms with Crippen molar-refractivity contribution in [3.05, 3.63) is 59.9 Å². The number of aromatic nitrogens is 1. The summed E-state index contributed by atoms with van der Waals surface area (Å²) < 4.78 is 24.5. The summed E-state index contributed by atoms with van der Waals surface area (Å²) in [6.07, 6.45) is 0.468. The Balaban J connectivity index is 1.93. The van der Waals surface area contributed by atoms with Gasteiger partial charge in [0.1, 0.15) is 0 Å². The van der Waals surface area contributed by atoms with E-state index in [1.165, 1.54) is 19.4 Å². The van der Waals surface area contributed by atoms with E-state index in [1.807, 2.05) is 0 Å². The summed E-state index contributed by atoms with van der Waals surface area (Å²) >= 11 is 0. The van der Waals surface area contributed by atoms with Crippen LogP contribution in [0.5, 0.6) is 0 Å². The van der Waals surface area contributed by atoms with Crippen molar-refractivity contribution in [2.75, 3.05) is 18.9 Å². The maximum atomic E-state index is 12.3. The smallest absolute Gasteiger partial charge is 0.317 e. The molecule has 0 bridgehead atoms. The van der Waals surface area contributed by atoms with E-state index in [9.17, 15) is 18.4 Å². The summed E-state index contributed by atoms with van der Waals surface area (Å²) in [5, 5.41) is 5.30. The molecule has 2 rings (SSSR count). The minimum Gasteiger partial charge on any atom is -0.334 e. The average molecular weight is 348 g/mol. The lowest BCUT2D eigenvalue weighted by Crippen LogP contribution is -2.39. The van der Waals surface area contributed by atoms with Crippen molar-refractivity contribution in [1.82, 2.24) is 15.2 Å². The number of hydrogen-bond donors (Lipinski definition) is 2. The predicted molar refractivity (Wildman–Crippen MR) is 89.5 cm³/mol. The molecule has 2 aromatic rings. The number of pyridine rings is 1. The van der Waals surface area contributed by atoms with Crippen LogP contribution in [0.25, 0.3) is 0 Å². The number of amides is 3. The first kappa shape index (κ1) is 18.3. The number of carbonyl (C=O) groups excluding carboxylic acids is 2. The SMILES string of the molecule is CN(CC(F)F)C(=O)NCc1cccc(NC(=O)c2ccncc2)c1. The Hall–Kier alpha value is -3.03. The molecule has 25 heavy (non-hydrogen) atoms. The molecule has 0 saturated carbocycles. The van der Waals surface area contributed by atoms with Gasteiger partial charge in [0, 0.05) is 37.2 Å². The van der Waals surface area contributed by atoms with Gasteiger partial charge in [-0.15, -0.1) is 0 Å². The Bertz CT molecular complexity index is 726. The zero-order valence-electron chi connectivity index (χ0n) is 13.6. The Kier molecular flexibility index (Phi) is 6.39. The number of hydrogen-bond acceptors (Lipinski definition) is 3. The van der Waals surface area contributed by atoms with Crippen molar-refractivity contribution in [3.63, 3.8) is 0 Å². The highest BCUT2D eigenvalue weighted by atomic mass is 19.3. The fraction of sp³-hybridized carbons (Fsp3) is 0.235. The fourth-order valence-electron chi connectivity index (χ4n) is 2.07. The van der Waals surface area contributed by atoms with E-state index in [4.69, 9.17) is 0 Å². The molecule has 6 nitrogen and oxygen atoms in total. The number of nitrogens with zero attached hydrogens (tertiary/aromatic N) is 2. The number of carbonyl (C=O) groups is 2. The number of rotatable bonds is 6. The summed E-state index contributed by atoms with van der Waals surface area (Å²) in [6.45, 7) is -0.473. The lowest BCUT2D eigenvalue weighted by atomic mass is 10.2. The van der Waals surface area contributed by atoms with E-state index in [1.54, 1.807) is 36.4 Å². The number of benzene rings is 1. The van der Waals surface area contributed by atoms with Crippen LogP contribution >= 0.6 is 0 Å². The molecule has 0 aliphatic carbocycles. The van der Waals surface area contributed by atoms with Gasteiger partial charge >= 0.3 is 6.03 Å². The van der Waals surface area contributed by atoms with Crippen LogP contribution in [0, 0.1) is 0 Å². The van der Waals surface area contributed by atoms with E-state index in [0.29, 0.717) is 11.3 Å². The van der Waals surface area contributed by atoms with E-state index < -0.39 is 19.0 Å². The van der Waals surface area contributed by atoms with Gasteiger partial charge in [0.05, 0.1) is 6.54 Å². The van der Waals surface area contributed by atoms with E-state index in [0.717, 1.165) is 10.5 Å². The molecule has 1 aromatic carbocycles. The molecule has 0 fully saturated rings. The maximum absolute atomic E-state index is 12.3. The summed E-state index contributed by atoms with van der Waals surface area (Å²) in [7, 11) is 1.30. The fourth-order valence-corrected chi connectivity index (χ4v) is 2.07. The van der Waals surface area contributed by atoms with Crippen LogP contribution in [0.15, 0.2) is 48.8 Å². The highest BCUT2D eigenvalue weighted by molar-refractivity contribution is 6.04. The second-order valence-corrected chi connectivity index (χ2v) is 5.32. The molecule has 0 unspecified atom stereocenters. The first-order valence-corrected chi connectivity index (χ1v) is 7.53. The second kappa shape index (κ2) is 8.72. The number of anilines is 1. The van der Waals surface area contributed by atoms with Crippen LogP contribution in [-0.2, 0) is 6.54 Å². The van der Waals surface area contributed by atoms with Crippen LogP contribution in [0.1, 0.15) is 15.9 Å². The highest BCUT2D eigenvalue weighted by Gasteiger charge is 2.13. The van der Waals surface area contributed by atoms with Gasteiger partial charge in [-0.25, -0.2) is 13.6 Å². The summed E-state index contributed by atoms with van der Waals surface area (Å²) in [5.74, 6) is -0.278. The van der Waals surface area contributed by atoms with Crippen molar-refractivity contribution in [2.45, 2.75) is 13.0 Å². The van der Waals surface area contributed by atoms with E-state index in [-0.39, 0.29) is 12.5 Å². The molecule has 0 radical (unpaired) electrons. The van der Waals surface area contributed by atoms with Crippen molar-refractivity contribution >= 4 is 17.6 Å². The topological polar surface area (TPSA) is 74.3 Å². The molecule has 1 heterocycles.